The number of benzene rings is 1. The number of nitrogens with zero attached hydrogens (tertiary/aromatic N) is 4. The predicted octanol–water partition coefficient (Wildman–Crippen LogP) is 1.40. The quantitative estimate of drug-likeness (QED) is 0.808. The van der Waals surface area contributed by atoms with Crippen LogP contribution in [0, 0.1) is 0 Å². The van der Waals surface area contributed by atoms with Crippen molar-refractivity contribution in [1.29, 1.82) is 0 Å². The lowest BCUT2D eigenvalue weighted by Crippen LogP contribution is -2.32. The Hall–Kier alpha value is -2.77. The van der Waals surface area contributed by atoms with Gasteiger partial charge in [-0.05, 0) is 60.9 Å². The molecule has 126 valence electrons. The number of aromatic nitrogens is 4. The molecule has 0 spiro atoms. The van der Waals surface area contributed by atoms with Gasteiger partial charge in [0.15, 0.2) is 5.78 Å². The normalized spacial score (nSPS) is 14.2. The first-order valence-electron chi connectivity index (χ1n) is 7.98. The number of aryl methyl sites for hydroxylation is 1. The number of Topliss-reactive ketones (excluding diaryl/α,β-unsaturated/α-hetero) is 1. The molecule has 1 fully saturated rings. The molecule has 0 atom stereocenters. The second kappa shape index (κ2) is 6.77. The number of tetrazole rings is 1. The third kappa shape index (κ3) is 3.42. The van der Waals surface area contributed by atoms with Crippen molar-refractivity contribution in [2.75, 3.05) is 5.32 Å². The van der Waals surface area contributed by atoms with Gasteiger partial charge in [0.1, 0.15) is 0 Å². The van der Waals surface area contributed by atoms with Gasteiger partial charge in [-0.25, -0.2) is 4.79 Å². The van der Waals surface area contributed by atoms with Crippen molar-refractivity contribution >= 4 is 17.4 Å². The molecule has 1 aromatic heterocycles. The minimum Gasteiger partial charge on any atom is -0.326 e. The van der Waals surface area contributed by atoms with E-state index in [1.54, 1.807) is 24.3 Å². The third-order valence-electron chi connectivity index (χ3n) is 4.21. The first-order valence-corrected chi connectivity index (χ1v) is 7.98. The molecule has 0 bridgehead atoms. The van der Waals surface area contributed by atoms with Crippen LogP contribution in [0.1, 0.15) is 49.0 Å². The molecule has 0 saturated heterocycles. The molecule has 24 heavy (non-hydrogen) atoms. The maximum atomic E-state index is 12.1. The summed E-state index contributed by atoms with van der Waals surface area (Å²) < 4.78 is 2.62. The van der Waals surface area contributed by atoms with E-state index in [0.717, 1.165) is 19.3 Å². The largest absolute Gasteiger partial charge is 0.363 e. The Bertz CT molecular complexity index is 802. The van der Waals surface area contributed by atoms with Gasteiger partial charge in [-0.1, -0.05) is 0 Å². The number of carbonyl (C=O) groups is 2. The molecule has 1 aliphatic carbocycles. The maximum Gasteiger partial charge on any atom is 0.363 e. The van der Waals surface area contributed by atoms with E-state index in [9.17, 15) is 14.4 Å². The van der Waals surface area contributed by atoms with Crippen LogP contribution >= 0.6 is 0 Å². The van der Waals surface area contributed by atoms with Crippen molar-refractivity contribution in [3.63, 3.8) is 0 Å². The van der Waals surface area contributed by atoms with E-state index in [2.05, 4.69) is 15.7 Å². The highest BCUT2D eigenvalue weighted by molar-refractivity contribution is 5.95. The van der Waals surface area contributed by atoms with E-state index < -0.39 is 0 Å². The SMILES string of the molecule is CC(=O)c1ccc(NC(=O)CCn2nnn(C3CCC3)c2=O)cc1. The fourth-order valence-electron chi connectivity index (χ4n) is 2.51. The molecule has 8 heteroatoms. The van der Waals surface area contributed by atoms with Crippen molar-refractivity contribution in [1.82, 2.24) is 19.8 Å². The zero-order chi connectivity index (χ0) is 17.1. The number of nitrogens with one attached hydrogen (secondary N) is 1. The highest BCUT2D eigenvalue weighted by atomic mass is 16.2. The summed E-state index contributed by atoms with van der Waals surface area (Å²) in [5.74, 6) is -0.252. The molecule has 3 rings (SSSR count). The fraction of sp³-hybridized carbons (Fsp3) is 0.438. The topological polar surface area (TPSA) is 98.9 Å². The summed E-state index contributed by atoms with van der Waals surface area (Å²) in [6.07, 6.45) is 3.14. The molecule has 1 heterocycles. The van der Waals surface area contributed by atoms with Crippen molar-refractivity contribution < 1.29 is 9.59 Å². The lowest BCUT2D eigenvalue weighted by Gasteiger charge is -2.23. The number of hydrogen-bond donors (Lipinski definition) is 1. The fourth-order valence-corrected chi connectivity index (χ4v) is 2.51. The molecule has 8 nitrogen and oxygen atoms in total. The Morgan fingerprint density at radius 1 is 1.21 bits per heavy atom. The predicted molar refractivity (Wildman–Crippen MR) is 86.9 cm³/mol. The Morgan fingerprint density at radius 2 is 1.92 bits per heavy atom. The summed E-state index contributed by atoms with van der Waals surface area (Å²) in [6, 6.07) is 6.82. The lowest BCUT2D eigenvalue weighted by atomic mass is 9.93. The Morgan fingerprint density at radius 3 is 2.50 bits per heavy atom. The number of amides is 1. The van der Waals surface area contributed by atoms with Crippen LogP contribution in [-0.4, -0.2) is 31.5 Å². The van der Waals surface area contributed by atoms with Gasteiger partial charge in [-0.2, -0.15) is 9.36 Å². The molecule has 1 N–H and O–H groups in total. The molecule has 0 aliphatic heterocycles. The number of rotatable bonds is 6. The van der Waals surface area contributed by atoms with Crippen molar-refractivity contribution in [2.24, 2.45) is 0 Å². The smallest absolute Gasteiger partial charge is 0.326 e. The zero-order valence-electron chi connectivity index (χ0n) is 13.4. The van der Waals surface area contributed by atoms with Gasteiger partial charge in [-0.15, -0.1) is 0 Å². The Balaban J connectivity index is 1.55. The summed E-state index contributed by atoms with van der Waals surface area (Å²) >= 11 is 0. The average Bonchev–Trinajstić information content (AvgIpc) is 2.85. The molecule has 0 radical (unpaired) electrons. The monoisotopic (exact) mass is 329 g/mol. The second-order valence-corrected chi connectivity index (χ2v) is 5.95. The van der Waals surface area contributed by atoms with E-state index >= 15 is 0 Å². The highest BCUT2D eigenvalue weighted by Crippen LogP contribution is 2.28. The summed E-state index contributed by atoms with van der Waals surface area (Å²) in [5, 5.41) is 10.4. The Labute approximate surface area is 138 Å². The first kappa shape index (κ1) is 16.1. The number of ketones is 1. The number of anilines is 1. The van der Waals surface area contributed by atoms with Gasteiger partial charge in [-0.3, -0.25) is 9.59 Å². The molecule has 1 aliphatic rings. The summed E-state index contributed by atoms with van der Waals surface area (Å²) in [7, 11) is 0. The van der Waals surface area contributed by atoms with Crippen LogP contribution < -0.4 is 11.0 Å². The van der Waals surface area contributed by atoms with Gasteiger partial charge in [0.2, 0.25) is 5.91 Å². The lowest BCUT2D eigenvalue weighted by molar-refractivity contribution is -0.116. The minimum absolute atomic E-state index is 0.0261. The van der Waals surface area contributed by atoms with E-state index in [-0.39, 0.29) is 36.4 Å². The summed E-state index contributed by atoms with van der Waals surface area (Å²) in [6.45, 7) is 1.67. The molecular weight excluding hydrogens is 310 g/mol. The molecule has 2 aromatic rings. The summed E-state index contributed by atoms with van der Waals surface area (Å²) in [5.41, 5.74) is 0.931. The molecular formula is C16H19N5O3. The van der Waals surface area contributed by atoms with Gasteiger partial charge >= 0.3 is 5.69 Å². The summed E-state index contributed by atoms with van der Waals surface area (Å²) in [4.78, 5) is 35.3. The van der Waals surface area contributed by atoms with Crippen LogP contribution in [0.25, 0.3) is 0 Å². The van der Waals surface area contributed by atoms with Gasteiger partial charge < -0.3 is 5.32 Å². The molecule has 1 amide bonds. The maximum absolute atomic E-state index is 12.1. The minimum atomic E-state index is -0.265. The number of hydrogen-bond acceptors (Lipinski definition) is 5. The van der Waals surface area contributed by atoms with Crippen LogP contribution in [0.3, 0.4) is 0 Å². The van der Waals surface area contributed by atoms with Crippen LogP contribution in [0.15, 0.2) is 29.1 Å². The number of carbonyl (C=O) groups excluding carboxylic acids is 2. The van der Waals surface area contributed by atoms with Crippen molar-refractivity contribution in [2.45, 2.75) is 45.2 Å². The van der Waals surface area contributed by atoms with Crippen molar-refractivity contribution in [3.8, 4) is 0 Å². The highest BCUT2D eigenvalue weighted by Gasteiger charge is 2.23. The van der Waals surface area contributed by atoms with E-state index in [0.29, 0.717) is 11.3 Å². The van der Waals surface area contributed by atoms with E-state index in [1.807, 2.05) is 0 Å². The molecule has 1 aromatic carbocycles. The standard InChI is InChI=1S/C16H19N5O3/c1-11(22)12-5-7-13(8-6-12)17-15(23)9-10-20-16(24)21(19-18-20)14-3-2-4-14/h5-8,14H,2-4,9-10H2,1H3,(H,17,23). The van der Waals surface area contributed by atoms with Gasteiger partial charge in [0.25, 0.3) is 0 Å². The first-order chi connectivity index (χ1) is 11.5. The zero-order valence-corrected chi connectivity index (χ0v) is 13.4. The molecule has 1 saturated carbocycles. The van der Waals surface area contributed by atoms with Gasteiger partial charge in [0.05, 0.1) is 12.6 Å². The van der Waals surface area contributed by atoms with Crippen LogP contribution in [-0.2, 0) is 11.3 Å². The van der Waals surface area contributed by atoms with E-state index in [4.69, 9.17) is 0 Å². The average molecular weight is 329 g/mol. The molecule has 0 unspecified atom stereocenters. The third-order valence-corrected chi connectivity index (χ3v) is 4.21. The van der Waals surface area contributed by atoms with Gasteiger partial charge in [0, 0.05) is 17.7 Å². The van der Waals surface area contributed by atoms with Crippen LogP contribution in [0.4, 0.5) is 5.69 Å². The Kier molecular flexibility index (Phi) is 4.54. The van der Waals surface area contributed by atoms with E-state index in [1.165, 1.54) is 16.3 Å². The van der Waals surface area contributed by atoms with Crippen LogP contribution in [0.5, 0.6) is 0 Å². The van der Waals surface area contributed by atoms with Crippen LogP contribution in [0.2, 0.25) is 0 Å². The van der Waals surface area contributed by atoms with Crippen molar-refractivity contribution in [3.05, 3.63) is 40.3 Å². The second-order valence-electron chi connectivity index (χ2n) is 5.95.